The van der Waals surface area contributed by atoms with Crippen LogP contribution in [0.5, 0.6) is 11.5 Å². The van der Waals surface area contributed by atoms with E-state index in [0.717, 1.165) is 35.8 Å². The summed E-state index contributed by atoms with van der Waals surface area (Å²) in [5.74, 6) is 2.68. The number of anilines is 4. The average Bonchev–Trinajstić information content (AvgIpc) is 3.55. The molecule has 6 rings (SSSR count). The van der Waals surface area contributed by atoms with E-state index in [1.807, 2.05) is 76.2 Å². The van der Waals surface area contributed by atoms with Gasteiger partial charge < -0.3 is 24.8 Å². The molecule has 1 aliphatic heterocycles. The first-order valence-electron chi connectivity index (χ1n) is 12.5. The lowest BCUT2D eigenvalue weighted by Gasteiger charge is -2.16. The van der Waals surface area contributed by atoms with Gasteiger partial charge >= 0.3 is 0 Å². The minimum absolute atomic E-state index is 0.199. The van der Waals surface area contributed by atoms with E-state index in [1.54, 1.807) is 18.7 Å². The number of imidazole rings is 1. The van der Waals surface area contributed by atoms with Crippen LogP contribution in [0, 0.1) is 0 Å². The molecule has 1 aliphatic rings. The third-order valence-corrected chi connectivity index (χ3v) is 6.26. The number of hydrogen-bond donors (Lipinski definition) is 2. The highest BCUT2D eigenvalue weighted by molar-refractivity contribution is 5.87. The van der Waals surface area contributed by atoms with E-state index in [-0.39, 0.29) is 5.91 Å². The Morgan fingerprint density at radius 3 is 2.47 bits per heavy atom. The first-order chi connectivity index (χ1) is 18.7. The van der Waals surface area contributed by atoms with Gasteiger partial charge in [0.15, 0.2) is 17.0 Å². The van der Waals surface area contributed by atoms with Crippen molar-refractivity contribution in [3.05, 3.63) is 85.5 Å². The van der Waals surface area contributed by atoms with Crippen molar-refractivity contribution in [1.29, 1.82) is 0 Å². The number of aromatic nitrogens is 5. The van der Waals surface area contributed by atoms with Crippen LogP contribution in [0.25, 0.3) is 11.2 Å². The molecule has 1 fully saturated rings. The van der Waals surface area contributed by atoms with Gasteiger partial charge in [0.2, 0.25) is 11.9 Å². The number of nitrogens with one attached hydrogen (secondary N) is 2. The fourth-order valence-corrected chi connectivity index (χ4v) is 4.35. The normalized spacial score (nSPS) is 13.2. The van der Waals surface area contributed by atoms with Gasteiger partial charge in [0, 0.05) is 37.9 Å². The molecule has 4 heterocycles. The summed E-state index contributed by atoms with van der Waals surface area (Å²) in [6.45, 7) is 2.01. The molecule has 10 heteroatoms. The summed E-state index contributed by atoms with van der Waals surface area (Å²) in [7, 11) is 0. The van der Waals surface area contributed by atoms with Crippen molar-refractivity contribution in [3.63, 3.8) is 0 Å². The zero-order valence-electron chi connectivity index (χ0n) is 20.6. The Balaban J connectivity index is 1.27. The Bertz CT molecular complexity index is 1540. The van der Waals surface area contributed by atoms with Crippen LogP contribution in [0.15, 0.2) is 85.5 Å². The van der Waals surface area contributed by atoms with Crippen molar-refractivity contribution >= 4 is 40.2 Å². The van der Waals surface area contributed by atoms with Gasteiger partial charge in [-0.1, -0.05) is 18.2 Å². The highest BCUT2D eigenvalue weighted by atomic mass is 16.5. The highest BCUT2D eigenvalue weighted by Crippen LogP contribution is 2.28. The van der Waals surface area contributed by atoms with E-state index in [0.29, 0.717) is 42.4 Å². The fraction of sp³-hybridized carbons (Fsp3) is 0.179. The Kier molecular flexibility index (Phi) is 6.50. The molecule has 190 valence electrons. The number of hydrogen-bond acceptors (Lipinski definition) is 8. The van der Waals surface area contributed by atoms with Crippen LogP contribution in [0.1, 0.15) is 12.8 Å². The average molecular weight is 507 g/mol. The molecule has 0 unspecified atom stereocenters. The van der Waals surface area contributed by atoms with Crippen molar-refractivity contribution in [3.8, 4) is 11.5 Å². The minimum atomic E-state index is 0.199. The zero-order chi connectivity index (χ0) is 25.7. The van der Waals surface area contributed by atoms with Gasteiger partial charge in [0.1, 0.15) is 11.5 Å². The fourth-order valence-electron chi connectivity index (χ4n) is 4.35. The van der Waals surface area contributed by atoms with E-state index >= 15 is 0 Å². The summed E-state index contributed by atoms with van der Waals surface area (Å²) in [4.78, 5) is 32.2. The lowest BCUT2D eigenvalue weighted by Crippen LogP contribution is -2.28. The van der Waals surface area contributed by atoms with Gasteiger partial charge in [-0.25, -0.2) is 4.98 Å². The molecule has 2 aromatic carbocycles. The monoisotopic (exact) mass is 506 g/mol. The quantitative estimate of drug-likeness (QED) is 0.283. The zero-order valence-corrected chi connectivity index (χ0v) is 20.6. The lowest BCUT2D eigenvalue weighted by molar-refractivity contribution is -0.127. The van der Waals surface area contributed by atoms with Crippen molar-refractivity contribution in [2.45, 2.75) is 19.4 Å². The summed E-state index contributed by atoms with van der Waals surface area (Å²) in [5.41, 5.74) is 2.91. The second-order valence-corrected chi connectivity index (χ2v) is 8.92. The SMILES string of the molecule is O=C1CCCN1CCn1cnc2c(Nc3ccc(Oc4ccccc4)cc3)nc(Nc3cccnc3)nc21. The van der Waals surface area contributed by atoms with Gasteiger partial charge in [-0.15, -0.1) is 0 Å². The standard InChI is InChI=1S/C28H26N8O2/c37-24-9-5-15-35(24)16-17-36-19-30-25-26(33-28(34-27(25)36)32-21-6-4-14-29-18-21)31-20-10-12-23(13-11-20)38-22-7-2-1-3-8-22/h1-4,6-8,10-14,18-19H,5,9,15-17H2,(H2,31,32,33,34). The number of nitrogens with zero attached hydrogens (tertiary/aromatic N) is 6. The van der Waals surface area contributed by atoms with Crippen molar-refractivity contribution in [2.75, 3.05) is 23.7 Å². The maximum absolute atomic E-state index is 12.1. The number of benzene rings is 2. The molecule has 3 aromatic heterocycles. The molecular formula is C28H26N8O2. The Hall–Kier alpha value is -4.99. The van der Waals surface area contributed by atoms with Crippen LogP contribution in [0.2, 0.25) is 0 Å². The third kappa shape index (κ3) is 5.24. The number of carbonyl (C=O) groups is 1. The summed E-state index contributed by atoms with van der Waals surface area (Å²) in [6, 6.07) is 21.0. The number of ether oxygens (including phenoxy) is 1. The summed E-state index contributed by atoms with van der Waals surface area (Å²) >= 11 is 0. The minimum Gasteiger partial charge on any atom is -0.457 e. The van der Waals surface area contributed by atoms with E-state index in [2.05, 4.69) is 20.6 Å². The van der Waals surface area contributed by atoms with Crippen LogP contribution in [-0.2, 0) is 11.3 Å². The van der Waals surface area contributed by atoms with Crippen molar-refractivity contribution < 1.29 is 9.53 Å². The molecule has 38 heavy (non-hydrogen) atoms. The van der Waals surface area contributed by atoms with Gasteiger partial charge in [0.25, 0.3) is 0 Å². The van der Waals surface area contributed by atoms with E-state index in [4.69, 9.17) is 14.7 Å². The topological polar surface area (TPSA) is 110 Å². The van der Waals surface area contributed by atoms with E-state index in [1.165, 1.54) is 0 Å². The largest absolute Gasteiger partial charge is 0.457 e. The predicted octanol–water partition coefficient (Wildman–Crippen LogP) is 5.12. The number of carbonyl (C=O) groups excluding carboxylic acids is 1. The first-order valence-corrected chi connectivity index (χ1v) is 12.5. The third-order valence-electron chi connectivity index (χ3n) is 6.26. The predicted molar refractivity (Wildman–Crippen MR) is 145 cm³/mol. The van der Waals surface area contributed by atoms with Crippen molar-refractivity contribution in [1.82, 2.24) is 29.4 Å². The molecule has 0 radical (unpaired) electrons. The van der Waals surface area contributed by atoms with Crippen LogP contribution in [-0.4, -0.2) is 48.4 Å². The number of fused-ring (bicyclic) bond motifs is 1. The lowest BCUT2D eigenvalue weighted by atomic mass is 10.3. The molecule has 0 atom stereocenters. The highest BCUT2D eigenvalue weighted by Gasteiger charge is 2.21. The molecule has 0 aliphatic carbocycles. The van der Waals surface area contributed by atoms with Crippen LogP contribution >= 0.6 is 0 Å². The molecule has 2 N–H and O–H groups in total. The molecule has 1 amide bonds. The Morgan fingerprint density at radius 1 is 0.868 bits per heavy atom. The molecule has 1 saturated heterocycles. The number of amides is 1. The van der Waals surface area contributed by atoms with Gasteiger partial charge in [0.05, 0.1) is 18.2 Å². The molecule has 10 nitrogen and oxygen atoms in total. The smallest absolute Gasteiger partial charge is 0.231 e. The molecule has 5 aromatic rings. The van der Waals surface area contributed by atoms with Gasteiger partial charge in [-0.3, -0.25) is 9.78 Å². The molecular weight excluding hydrogens is 480 g/mol. The van der Waals surface area contributed by atoms with Crippen LogP contribution < -0.4 is 15.4 Å². The molecule has 0 saturated carbocycles. The summed E-state index contributed by atoms with van der Waals surface area (Å²) in [6.07, 6.45) is 6.70. The van der Waals surface area contributed by atoms with E-state index < -0.39 is 0 Å². The molecule has 0 bridgehead atoms. The first kappa shape index (κ1) is 23.4. The number of pyridine rings is 1. The Morgan fingerprint density at radius 2 is 1.71 bits per heavy atom. The number of para-hydroxylation sites is 1. The number of likely N-dealkylation sites (tertiary alicyclic amines) is 1. The van der Waals surface area contributed by atoms with Gasteiger partial charge in [-0.05, 0) is 55.0 Å². The summed E-state index contributed by atoms with van der Waals surface area (Å²) in [5, 5.41) is 6.61. The van der Waals surface area contributed by atoms with Crippen LogP contribution in [0.3, 0.4) is 0 Å². The maximum Gasteiger partial charge on any atom is 0.231 e. The summed E-state index contributed by atoms with van der Waals surface area (Å²) < 4.78 is 7.86. The maximum atomic E-state index is 12.1. The second kappa shape index (κ2) is 10.6. The van der Waals surface area contributed by atoms with E-state index in [9.17, 15) is 4.79 Å². The second-order valence-electron chi connectivity index (χ2n) is 8.92. The number of rotatable bonds is 9. The Labute approximate surface area is 219 Å². The van der Waals surface area contributed by atoms with Gasteiger partial charge in [-0.2, -0.15) is 9.97 Å². The van der Waals surface area contributed by atoms with Crippen molar-refractivity contribution in [2.24, 2.45) is 0 Å². The van der Waals surface area contributed by atoms with Crippen LogP contribution in [0.4, 0.5) is 23.1 Å². The molecule has 0 spiro atoms.